The normalized spacial score (nSPS) is 15.4. The van der Waals surface area contributed by atoms with Crippen molar-refractivity contribution in [1.29, 1.82) is 0 Å². The Morgan fingerprint density at radius 2 is 1.96 bits per heavy atom. The Labute approximate surface area is 143 Å². The number of nitrogens with zero attached hydrogens (tertiary/aromatic N) is 1. The van der Waals surface area contributed by atoms with Gasteiger partial charge in [0.2, 0.25) is 5.88 Å². The van der Waals surface area contributed by atoms with Gasteiger partial charge in [-0.15, -0.1) is 0 Å². The molecule has 0 spiro atoms. The van der Waals surface area contributed by atoms with Crippen LogP contribution in [0.2, 0.25) is 0 Å². The molecule has 1 N–H and O–H groups in total. The molecule has 1 heterocycles. The van der Waals surface area contributed by atoms with Gasteiger partial charge in [-0.3, -0.25) is 0 Å². The smallest absolute Gasteiger partial charge is 0.213 e. The van der Waals surface area contributed by atoms with Gasteiger partial charge in [0, 0.05) is 25.1 Å². The molecule has 1 aromatic carbocycles. The van der Waals surface area contributed by atoms with E-state index < -0.39 is 9.84 Å². The summed E-state index contributed by atoms with van der Waals surface area (Å²) >= 11 is 0. The lowest BCUT2D eigenvalue weighted by molar-refractivity contribution is 0.201. The third kappa shape index (κ3) is 4.26. The van der Waals surface area contributed by atoms with E-state index in [0.29, 0.717) is 23.0 Å². The van der Waals surface area contributed by atoms with Gasteiger partial charge < -0.3 is 10.1 Å². The minimum atomic E-state index is -3.26. The van der Waals surface area contributed by atoms with E-state index in [-0.39, 0.29) is 6.10 Å². The van der Waals surface area contributed by atoms with Crippen LogP contribution in [0, 0.1) is 0 Å². The second-order valence-corrected chi connectivity index (χ2v) is 8.13. The minimum absolute atomic E-state index is 0.270. The van der Waals surface area contributed by atoms with E-state index in [1.165, 1.54) is 19.1 Å². The molecule has 1 aliphatic rings. The number of hydrogen-bond donors (Lipinski definition) is 1. The molecule has 0 atom stereocenters. The summed E-state index contributed by atoms with van der Waals surface area (Å²) in [5.41, 5.74) is 1.61. The minimum Gasteiger partial charge on any atom is -0.474 e. The topological polar surface area (TPSA) is 68.3 Å². The Hall–Kier alpha value is -2.08. The van der Waals surface area contributed by atoms with Crippen LogP contribution in [0.25, 0.3) is 0 Å². The summed E-state index contributed by atoms with van der Waals surface area (Å²) in [6.07, 6.45) is 7.82. The highest BCUT2D eigenvalue weighted by molar-refractivity contribution is 7.90. The van der Waals surface area contributed by atoms with Crippen LogP contribution < -0.4 is 10.1 Å². The van der Waals surface area contributed by atoms with Crippen molar-refractivity contribution >= 4 is 15.5 Å². The number of benzene rings is 1. The Morgan fingerprint density at radius 3 is 2.71 bits per heavy atom. The highest BCUT2D eigenvalue weighted by Gasteiger charge is 2.17. The first-order chi connectivity index (χ1) is 11.5. The predicted molar refractivity (Wildman–Crippen MR) is 94.0 cm³/mol. The summed E-state index contributed by atoms with van der Waals surface area (Å²) in [7, 11) is -3.26. The summed E-state index contributed by atoms with van der Waals surface area (Å²) in [6, 6.07) is 10.7. The summed E-state index contributed by atoms with van der Waals surface area (Å²) in [4.78, 5) is 4.58. The number of rotatable bonds is 6. The number of para-hydroxylation sites is 1. The molecular formula is C18H22N2O3S. The second kappa shape index (κ2) is 7.21. The zero-order valence-corrected chi connectivity index (χ0v) is 14.6. The van der Waals surface area contributed by atoms with Crippen molar-refractivity contribution in [3.05, 3.63) is 48.2 Å². The van der Waals surface area contributed by atoms with Gasteiger partial charge in [0.15, 0.2) is 9.84 Å². The Bertz CT molecular complexity index is 799. The van der Waals surface area contributed by atoms with Gasteiger partial charge in [0.05, 0.1) is 10.6 Å². The molecule has 6 heteroatoms. The largest absolute Gasteiger partial charge is 0.474 e. The molecule has 24 heavy (non-hydrogen) atoms. The zero-order chi connectivity index (χ0) is 17.0. The fourth-order valence-corrected chi connectivity index (χ4v) is 3.80. The van der Waals surface area contributed by atoms with Crippen molar-refractivity contribution < 1.29 is 13.2 Å². The van der Waals surface area contributed by atoms with Crippen molar-refractivity contribution in [1.82, 2.24) is 4.98 Å². The van der Waals surface area contributed by atoms with E-state index in [1.54, 1.807) is 24.4 Å². The molecule has 0 aliphatic heterocycles. The molecule has 3 rings (SSSR count). The van der Waals surface area contributed by atoms with E-state index in [2.05, 4.69) is 10.3 Å². The standard InChI is InChI=1S/C18H22N2O3S/c1-24(21,22)17-9-5-4-8-16(17)20-13-14-10-11-19-18(12-14)23-15-6-2-3-7-15/h4-5,8-12,15,20H,2-3,6-7,13H2,1H3. The molecule has 2 aromatic rings. The summed E-state index contributed by atoms with van der Waals surface area (Å²) in [5, 5.41) is 3.19. The molecule has 1 saturated carbocycles. The average Bonchev–Trinajstić information content (AvgIpc) is 3.06. The predicted octanol–water partition coefficient (Wildman–Crippen LogP) is 3.42. The number of pyridine rings is 1. The molecule has 0 amide bonds. The monoisotopic (exact) mass is 346 g/mol. The van der Waals surface area contributed by atoms with Crippen LogP contribution in [0.5, 0.6) is 5.88 Å². The van der Waals surface area contributed by atoms with Crippen molar-refractivity contribution in [2.24, 2.45) is 0 Å². The van der Waals surface area contributed by atoms with Crippen molar-refractivity contribution in [2.45, 2.75) is 43.2 Å². The molecule has 1 aliphatic carbocycles. The first kappa shape index (κ1) is 16.8. The van der Waals surface area contributed by atoms with E-state index in [9.17, 15) is 8.42 Å². The second-order valence-electron chi connectivity index (χ2n) is 6.15. The quantitative estimate of drug-likeness (QED) is 0.868. The van der Waals surface area contributed by atoms with E-state index in [0.717, 1.165) is 18.4 Å². The Morgan fingerprint density at radius 1 is 1.21 bits per heavy atom. The van der Waals surface area contributed by atoms with Crippen LogP contribution in [-0.2, 0) is 16.4 Å². The number of anilines is 1. The van der Waals surface area contributed by atoms with Crippen molar-refractivity contribution in [3.63, 3.8) is 0 Å². The van der Waals surface area contributed by atoms with Crippen LogP contribution in [0.4, 0.5) is 5.69 Å². The summed E-state index contributed by atoms with van der Waals surface area (Å²) in [6.45, 7) is 0.510. The maximum Gasteiger partial charge on any atom is 0.213 e. The van der Waals surface area contributed by atoms with Crippen molar-refractivity contribution in [3.8, 4) is 5.88 Å². The van der Waals surface area contributed by atoms with Gasteiger partial charge in [0.25, 0.3) is 0 Å². The number of ether oxygens (including phenoxy) is 1. The Balaban J connectivity index is 1.69. The van der Waals surface area contributed by atoms with Crippen LogP contribution in [0.15, 0.2) is 47.5 Å². The van der Waals surface area contributed by atoms with Crippen LogP contribution in [0.3, 0.4) is 0 Å². The maximum absolute atomic E-state index is 11.8. The lowest BCUT2D eigenvalue weighted by Gasteiger charge is -2.14. The third-order valence-corrected chi connectivity index (χ3v) is 5.31. The van der Waals surface area contributed by atoms with Crippen LogP contribution in [-0.4, -0.2) is 25.8 Å². The fourth-order valence-electron chi connectivity index (χ4n) is 2.94. The molecular weight excluding hydrogens is 324 g/mol. The SMILES string of the molecule is CS(=O)(=O)c1ccccc1NCc1ccnc(OC2CCCC2)c1. The molecule has 1 fully saturated rings. The molecule has 5 nitrogen and oxygen atoms in total. The first-order valence-corrected chi connectivity index (χ1v) is 10.1. The van der Waals surface area contributed by atoms with E-state index in [4.69, 9.17) is 4.74 Å². The van der Waals surface area contributed by atoms with Gasteiger partial charge in [-0.1, -0.05) is 12.1 Å². The number of aromatic nitrogens is 1. The highest BCUT2D eigenvalue weighted by Crippen LogP contribution is 2.24. The Kier molecular flexibility index (Phi) is 5.04. The lowest BCUT2D eigenvalue weighted by atomic mass is 10.2. The molecule has 0 radical (unpaired) electrons. The van der Waals surface area contributed by atoms with Crippen molar-refractivity contribution in [2.75, 3.05) is 11.6 Å². The maximum atomic E-state index is 11.8. The zero-order valence-electron chi connectivity index (χ0n) is 13.7. The molecule has 0 bridgehead atoms. The van der Waals surface area contributed by atoms with Gasteiger partial charge >= 0.3 is 0 Å². The first-order valence-electron chi connectivity index (χ1n) is 8.17. The van der Waals surface area contributed by atoms with Gasteiger partial charge in [0.1, 0.15) is 6.10 Å². The molecule has 128 valence electrons. The van der Waals surface area contributed by atoms with Gasteiger partial charge in [-0.05, 0) is 49.4 Å². The molecule has 1 aromatic heterocycles. The molecule has 0 saturated heterocycles. The number of hydrogen-bond acceptors (Lipinski definition) is 5. The van der Waals surface area contributed by atoms with Crippen LogP contribution in [0.1, 0.15) is 31.2 Å². The fraction of sp³-hybridized carbons (Fsp3) is 0.389. The third-order valence-electron chi connectivity index (χ3n) is 4.16. The molecule has 0 unspecified atom stereocenters. The summed E-state index contributed by atoms with van der Waals surface area (Å²) in [5.74, 6) is 0.637. The number of nitrogens with one attached hydrogen (secondary N) is 1. The average molecular weight is 346 g/mol. The van der Waals surface area contributed by atoms with E-state index in [1.807, 2.05) is 18.2 Å². The number of sulfone groups is 1. The van der Waals surface area contributed by atoms with Gasteiger partial charge in [-0.25, -0.2) is 13.4 Å². The van der Waals surface area contributed by atoms with Crippen LogP contribution >= 0.6 is 0 Å². The highest BCUT2D eigenvalue weighted by atomic mass is 32.2. The summed E-state index contributed by atoms with van der Waals surface area (Å²) < 4.78 is 29.6. The lowest BCUT2D eigenvalue weighted by Crippen LogP contribution is -2.12. The van der Waals surface area contributed by atoms with Gasteiger partial charge in [-0.2, -0.15) is 0 Å². The van der Waals surface area contributed by atoms with E-state index >= 15 is 0 Å².